The zero-order chi connectivity index (χ0) is 19.7. The minimum absolute atomic E-state index is 0.243. The molecule has 0 spiro atoms. The average Bonchev–Trinajstić information content (AvgIpc) is 3.30. The van der Waals surface area contributed by atoms with Gasteiger partial charge in [0.25, 0.3) is 5.91 Å². The molecule has 0 aliphatic rings. The van der Waals surface area contributed by atoms with Crippen LogP contribution in [0.1, 0.15) is 32.1 Å². The number of thiophene rings is 1. The number of nitrogens with one attached hydrogen (secondary N) is 1. The van der Waals surface area contributed by atoms with E-state index in [9.17, 15) is 4.79 Å². The molecular formula is C22H20N4OS. The Kier molecular flexibility index (Phi) is 4.79. The Bertz CT molecular complexity index is 1170. The topological polar surface area (TPSA) is 59.3 Å². The number of pyridine rings is 1. The van der Waals surface area contributed by atoms with Crippen LogP contribution in [0, 0.1) is 20.8 Å². The number of hydrazone groups is 1. The summed E-state index contributed by atoms with van der Waals surface area (Å²) < 4.78 is 1.96. The molecule has 0 unspecified atom stereocenters. The molecule has 1 amide bonds. The van der Waals surface area contributed by atoms with Gasteiger partial charge in [-0.3, -0.25) is 4.79 Å². The maximum atomic E-state index is 12.9. The number of carbonyl (C=O) groups is 1. The van der Waals surface area contributed by atoms with Gasteiger partial charge in [0.2, 0.25) is 0 Å². The van der Waals surface area contributed by atoms with Crippen LogP contribution < -0.4 is 5.43 Å². The molecule has 1 aromatic carbocycles. The average molecular weight is 388 g/mol. The van der Waals surface area contributed by atoms with Gasteiger partial charge in [-0.1, -0.05) is 29.8 Å². The van der Waals surface area contributed by atoms with Crippen molar-refractivity contribution in [2.45, 2.75) is 20.8 Å². The van der Waals surface area contributed by atoms with Gasteiger partial charge in [-0.15, -0.1) is 11.3 Å². The number of fused-ring (bicyclic) bond motifs is 1. The summed E-state index contributed by atoms with van der Waals surface area (Å²) in [6.07, 6.45) is 5.52. The third-order valence-electron chi connectivity index (χ3n) is 4.49. The van der Waals surface area contributed by atoms with E-state index < -0.39 is 0 Å². The fourth-order valence-corrected chi connectivity index (χ4v) is 4.36. The summed E-state index contributed by atoms with van der Waals surface area (Å²) in [5.74, 6) is -0.243. The Hall–Kier alpha value is -3.25. The van der Waals surface area contributed by atoms with E-state index in [1.165, 1.54) is 16.9 Å². The molecule has 3 heterocycles. The van der Waals surface area contributed by atoms with Crippen molar-refractivity contribution in [3.63, 3.8) is 0 Å². The van der Waals surface area contributed by atoms with E-state index >= 15 is 0 Å². The van der Waals surface area contributed by atoms with Crippen LogP contribution in [-0.2, 0) is 0 Å². The van der Waals surface area contributed by atoms with E-state index in [0.717, 1.165) is 32.7 Å². The molecule has 0 fully saturated rings. The molecule has 0 bridgehead atoms. The lowest BCUT2D eigenvalue weighted by Gasteiger charge is -2.07. The monoisotopic (exact) mass is 388 g/mol. The second-order valence-electron chi connectivity index (χ2n) is 6.74. The number of nitrogens with zero attached hydrogens (tertiary/aromatic N) is 3. The highest BCUT2D eigenvalue weighted by atomic mass is 32.1. The largest absolute Gasteiger partial charge is 0.322 e. The number of carbonyl (C=O) groups excluding carboxylic acids is 1. The highest BCUT2D eigenvalue weighted by Crippen LogP contribution is 2.35. The quantitative estimate of drug-likeness (QED) is 0.404. The van der Waals surface area contributed by atoms with E-state index in [0.29, 0.717) is 4.88 Å². The number of hydrogen-bond donors (Lipinski definition) is 1. The SMILES string of the molecule is Cc1ccc(/C=N\NC(=O)c2sc3nc(C)cc(C)c3c2-n2cccc2)cc1. The van der Waals surface area contributed by atoms with Crippen molar-refractivity contribution >= 4 is 33.7 Å². The number of aromatic nitrogens is 2. The zero-order valence-corrected chi connectivity index (χ0v) is 16.7. The predicted octanol–water partition coefficient (Wildman–Crippen LogP) is 4.78. The van der Waals surface area contributed by atoms with Crippen LogP contribution >= 0.6 is 11.3 Å². The van der Waals surface area contributed by atoms with Crippen molar-refractivity contribution in [1.29, 1.82) is 0 Å². The van der Waals surface area contributed by atoms with E-state index in [4.69, 9.17) is 0 Å². The van der Waals surface area contributed by atoms with Crippen molar-refractivity contribution in [1.82, 2.24) is 15.0 Å². The first-order chi connectivity index (χ1) is 13.5. The molecule has 4 aromatic rings. The summed E-state index contributed by atoms with van der Waals surface area (Å²) in [4.78, 5) is 19.0. The lowest BCUT2D eigenvalue weighted by Crippen LogP contribution is -2.18. The summed E-state index contributed by atoms with van der Waals surface area (Å²) in [5, 5.41) is 5.13. The second-order valence-corrected chi connectivity index (χ2v) is 7.74. The van der Waals surface area contributed by atoms with Crippen molar-refractivity contribution in [2.75, 3.05) is 0 Å². The van der Waals surface area contributed by atoms with Crippen molar-refractivity contribution in [3.8, 4) is 5.69 Å². The molecule has 140 valence electrons. The Balaban J connectivity index is 1.71. The van der Waals surface area contributed by atoms with Gasteiger partial charge < -0.3 is 4.57 Å². The number of aryl methyl sites for hydroxylation is 3. The molecule has 1 N–H and O–H groups in total. The lowest BCUT2D eigenvalue weighted by molar-refractivity contribution is 0.0959. The molecule has 0 aliphatic heterocycles. The normalized spacial score (nSPS) is 11.4. The van der Waals surface area contributed by atoms with Crippen molar-refractivity contribution < 1.29 is 4.79 Å². The van der Waals surface area contributed by atoms with Crippen molar-refractivity contribution in [2.24, 2.45) is 5.10 Å². The van der Waals surface area contributed by atoms with Gasteiger partial charge in [0.1, 0.15) is 9.71 Å². The van der Waals surface area contributed by atoms with Crippen molar-refractivity contribution in [3.05, 3.63) is 82.1 Å². The Morgan fingerprint density at radius 1 is 1.14 bits per heavy atom. The molecule has 28 heavy (non-hydrogen) atoms. The van der Waals surface area contributed by atoms with Gasteiger partial charge in [-0.2, -0.15) is 5.10 Å². The maximum absolute atomic E-state index is 12.9. The van der Waals surface area contributed by atoms with Crippen LogP contribution in [0.15, 0.2) is 60.0 Å². The molecule has 0 atom stereocenters. The number of benzene rings is 1. The van der Waals surface area contributed by atoms with Crippen LogP contribution in [0.25, 0.3) is 15.9 Å². The van der Waals surface area contributed by atoms with Gasteiger partial charge in [-0.05, 0) is 50.1 Å². The molecule has 0 radical (unpaired) electrons. The summed E-state index contributed by atoms with van der Waals surface area (Å²) >= 11 is 1.39. The highest BCUT2D eigenvalue weighted by Gasteiger charge is 2.21. The molecule has 6 heteroatoms. The molecule has 3 aromatic heterocycles. The highest BCUT2D eigenvalue weighted by molar-refractivity contribution is 7.21. The summed E-state index contributed by atoms with van der Waals surface area (Å²) in [6, 6.07) is 13.9. The Labute approximate surface area is 167 Å². The van der Waals surface area contributed by atoms with E-state index in [2.05, 4.69) is 15.5 Å². The fraction of sp³-hybridized carbons (Fsp3) is 0.136. The predicted molar refractivity (Wildman–Crippen MR) is 115 cm³/mol. The van der Waals surface area contributed by atoms with Crippen LogP contribution in [0.5, 0.6) is 0 Å². The summed E-state index contributed by atoms with van der Waals surface area (Å²) in [6.45, 7) is 6.05. The van der Waals surface area contributed by atoms with Gasteiger partial charge in [0.15, 0.2) is 0 Å². The van der Waals surface area contributed by atoms with Gasteiger partial charge in [-0.25, -0.2) is 10.4 Å². The Morgan fingerprint density at radius 3 is 2.57 bits per heavy atom. The summed E-state index contributed by atoms with van der Waals surface area (Å²) in [7, 11) is 0. The Morgan fingerprint density at radius 2 is 1.86 bits per heavy atom. The van der Waals surface area contributed by atoms with Crippen LogP contribution in [0.4, 0.5) is 0 Å². The first kappa shape index (κ1) is 18.1. The number of amides is 1. The van der Waals surface area contributed by atoms with Crippen LogP contribution in [0.2, 0.25) is 0 Å². The number of hydrogen-bond acceptors (Lipinski definition) is 4. The molecule has 0 saturated heterocycles. The van der Waals surface area contributed by atoms with Gasteiger partial charge in [0.05, 0.1) is 11.9 Å². The first-order valence-corrected chi connectivity index (χ1v) is 9.79. The van der Waals surface area contributed by atoms with E-state index in [1.54, 1.807) is 6.21 Å². The summed E-state index contributed by atoms with van der Waals surface area (Å²) in [5.41, 5.74) is 7.66. The first-order valence-electron chi connectivity index (χ1n) is 8.97. The lowest BCUT2D eigenvalue weighted by atomic mass is 10.1. The smallest absolute Gasteiger partial charge is 0.283 e. The third-order valence-corrected chi connectivity index (χ3v) is 5.56. The van der Waals surface area contributed by atoms with Crippen LogP contribution in [-0.4, -0.2) is 21.7 Å². The fourth-order valence-electron chi connectivity index (χ4n) is 3.18. The molecular weight excluding hydrogens is 368 g/mol. The molecule has 5 nitrogen and oxygen atoms in total. The van der Waals surface area contributed by atoms with Gasteiger partial charge in [0, 0.05) is 23.5 Å². The number of rotatable bonds is 4. The molecule has 4 rings (SSSR count). The van der Waals surface area contributed by atoms with Gasteiger partial charge >= 0.3 is 0 Å². The maximum Gasteiger partial charge on any atom is 0.283 e. The van der Waals surface area contributed by atoms with E-state index in [1.807, 2.05) is 80.2 Å². The minimum Gasteiger partial charge on any atom is -0.322 e. The second kappa shape index (κ2) is 7.40. The zero-order valence-electron chi connectivity index (χ0n) is 15.9. The molecule has 0 aliphatic carbocycles. The standard InChI is InChI=1S/C22H20N4OS/c1-14-6-8-17(9-7-14)13-23-25-21(27)20-19(26-10-4-5-11-26)18-15(2)12-16(3)24-22(18)28-20/h4-13H,1-3H3,(H,25,27)/b23-13-. The molecule has 0 saturated carbocycles. The van der Waals surface area contributed by atoms with E-state index in [-0.39, 0.29) is 5.91 Å². The third kappa shape index (κ3) is 3.46. The van der Waals surface area contributed by atoms with Crippen LogP contribution in [0.3, 0.4) is 0 Å². The minimum atomic E-state index is -0.243.